The average molecular weight is 293 g/mol. The van der Waals surface area contributed by atoms with Crippen LogP contribution >= 0.6 is 0 Å². The second kappa shape index (κ2) is 6.54. The van der Waals surface area contributed by atoms with E-state index in [-0.39, 0.29) is 12.9 Å². The molecule has 0 aromatic heterocycles. The maximum Gasteiger partial charge on any atom is 0.231 e. The fraction of sp³-hybridized carbons (Fsp3) is 0.625. The molecule has 2 heterocycles. The summed E-state index contributed by atoms with van der Waals surface area (Å²) >= 11 is 0. The molecule has 116 valence electrons. The zero-order chi connectivity index (χ0) is 14.7. The fourth-order valence-electron chi connectivity index (χ4n) is 2.58. The highest BCUT2D eigenvalue weighted by molar-refractivity contribution is 5.46. The van der Waals surface area contributed by atoms with Crippen LogP contribution in [0, 0.1) is 0 Å². The van der Waals surface area contributed by atoms with Crippen molar-refractivity contribution in [3.63, 3.8) is 0 Å². The molecular formula is C16H23NO4. The molecule has 1 saturated heterocycles. The molecule has 0 amide bonds. The lowest BCUT2D eigenvalue weighted by Crippen LogP contribution is -2.32. The van der Waals surface area contributed by atoms with Gasteiger partial charge in [0, 0.05) is 18.7 Å². The van der Waals surface area contributed by atoms with Crippen molar-refractivity contribution in [2.24, 2.45) is 0 Å². The molecular weight excluding hydrogens is 270 g/mol. The van der Waals surface area contributed by atoms with Crippen LogP contribution < -0.4 is 19.5 Å². The highest BCUT2D eigenvalue weighted by Crippen LogP contribution is 2.35. The summed E-state index contributed by atoms with van der Waals surface area (Å²) in [6.07, 6.45) is 2.62. The zero-order valence-electron chi connectivity index (χ0n) is 12.6. The Hall–Kier alpha value is -1.46. The third kappa shape index (κ3) is 3.80. The topological polar surface area (TPSA) is 49.0 Å². The molecule has 2 unspecified atom stereocenters. The predicted octanol–water partition coefficient (Wildman–Crippen LogP) is 2.34. The van der Waals surface area contributed by atoms with Crippen molar-refractivity contribution in [3.8, 4) is 17.2 Å². The van der Waals surface area contributed by atoms with Gasteiger partial charge in [-0.1, -0.05) is 13.8 Å². The molecule has 1 N–H and O–H groups in total. The number of benzene rings is 1. The van der Waals surface area contributed by atoms with E-state index in [1.54, 1.807) is 0 Å². The maximum absolute atomic E-state index is 5.98. The Morgan fingerprint density at radius 1 is 1.19 bits per heavy atom. The minimum Gasteiger partial charge on any atom is -0.491 e. The molecule has 2 aliphatic heterocycles. The lowest BCUT2D eigenvalue weighted by Gasteiger charge is -2.16. The predicted molar refractivity (Wildman–Crippen MR) is 79.1 cm³/mol. The summed E-state index contributed by atoms with van der Waals surface area (Å²) in [5.74, 6) is 2.32. The van der Waals surface area contributed by atoms with Crippen LogP contribution in [0.3, 0.4) is 0 Å². The second-order valence-electron chi connectivity index (χ2n) is 5.85. The average Bonchev–Trinajstić information content (AvgIpc) is 3.11. The van der Waals surface area contributed by atoms with Crippen LogP contribution in [-0.2, 0) is 4.74 Å². The van der Waals surface area contributed by atoms with Crippen molar-refractivity contribution in [2.75, 3.05) is 19.9 Å². The molecule has 21 heavy (non-hydrogen) atoms. The van der Waals surface area contributed by atoms with E-state index in [1.165, 1.54) is 0 Å². The van der Waals surface area contributed by atoms with Crippen LogP contribution in [0.1, 0.15) is 26.7 Å². The van der Waals surface area contributed by atoms with E-state index < -0.39 is 0 Å². The van der Waals surface area contributed by atoms with Crippen molar-refractivity contribution in [1.29, 1.82) is 0 Å². The number of fused-ring (bicyclic) bond motifs is 1. The van der Waals surface area contributed by atoms with Gasteiger partial charge in [-0.05, 0) is 25.0 Å². The molecule has 5 nitrogen and oxygen atoms in total. The summed E-state index contributed by atoms with van der Waals surface area (Å²) in [5.41, 5.74) is 0. The quantitative estimate of drug-likeness (QED) is 0.872. The van der Waals surface area contributed by atoms with Crippen molar-refractivity contribution >= 4 is 0 Å². The van der Waals surface area contributed by atoms with Gasteiger partial charge in [0.05, 0.1) is 12.2 Å². The first-order valence-corrected chi connectivity index (χ1v) is 7.62. The normalized spacial score (nSPS) is 23.8. The zero-order valence-corrected chi connectivity index (χ0v) is 12.6. The van der Waals surface area contributed by atoms with Gasteiger partial charge in [-0.3, -0.25) is 0 Å². The highest BCUT2D eigenvalue weighted by atomic mass is 16.7. The first-order valence-electron chi connectivity index (χ1n) is 7.62. The molecule has 1 fully saturated rings. The van der Waals surface area contributed by atoms with Crippen molar-refractivity contribution in [3.05, 3.63) is 18.2 Å². The Kier molecular flexibility index (Phi) is 4.51. The second-order valence-corrected chi connectivity index (χ2v) is 5.85. The molecule has 5 heteroatoms. The summed E-state index contributed by atoms with van der Waals surface area (Å²) in [7, 11) is 0. The summed E-state index contributed by atoms with van der Waals surface area (Å²) < 4.78 is 22.4. The van der Waals surface area contributed by atoms with Gasteiger partial charge in [-0.2, -0.15) is 0 Å². The van der Waals surface area contributed by atoms with Crippen LogP contribution in [0.2, 0.25) is 0 Å². The number of hydrogen-bond donors (Lipinski definition) is 1. The third-order valence-corrected chi connectivity index (χ3v) is 3.73. The Bertz CT molecular complexity index is 477. The van der Waals surface area contributed by atoms with Crippen molar-refractivity contribution < 1.29 is 18.9 Å². The fourth-order valence-corrected chi connectivity index (χ4v) is 2.58. The third-order valence-electron chi connectivity index (χ3n) is 3.73. The number of rotatable bonds is 6. The number of ether oxygens (including phenoxy) is 4. The molecule has 1 aromatic carbocycles. The molecule has 0 bridgehead atoms. The van der Waals surface area contributed by atoms with Crippen LogP contribution in [0.25, 0.3) is 0 Å². The molecule has 0 spiro atoms. The Morgan fingerprint density at radius 2 is 2.00 bits per heavy atom. The smallest absolute Gasteiger partial charge is 0.231 e. The van der Waals surface area contributed by atoms with Crippen molar-refractivity contribution in [2.45, 2.75) is 44.9 Å². The van der Waals surface area contributed by atoms with Gasteiger partial charge >= 0.3 is 0 Å². The summed E-state index contributed by atoms with van der Waals surface area (Å²) in [4.78, 5) is 0. The maximum atomic E-state index is 5.98. The van der Waals surface area contributed by atoms with Crippen LogP contribution in [-0.4, -0.2) is 38.2 Å². The van der Waals surface area contributed by atoms with Gasteiger partial charge in [0.15, 0.2) is 11.5 Å². The molecule has 2 atom stereocenters. The number of nitrogens with one attached hydrogen (secondary N) is 1. The highest BCUT2D eigenvalue weighted by Gasteiger charge is 2.25. The van der Waals surface area contributed by atoms with E-state index in [2.05, 4.69) is 19.2 Å². The van der Waals surface area contributed by atoms with Gasteiger partial charge in [0.2, 0.25) is 6.79 Å². The molecule has 0 saturated carbocycles. The minimum absolute atomic E-state index is 0.175. The number of hydrogen-bond acceptors (Lipinski definition) is 5. The molecule has 0 radical (unpaired) electrons. The summed E-state index contributed by atoms with van der Waals surface area (Å²) in [6.45, 7) is 6.08. The van der Waals surface area contributed by atoms with Crippen LogP contribution in [0.4, 0.5) is 0 Å². The Labute approximate surface area is 125 Å². The Balaban J connectivity index is 1.44. The van der Waals surface area contributed by atoms with E-state index >= 15 is 0 Å². The monoisotopic (exact) mass is 293 g/mol. The van der Waals surface area contributed by atoms with E-state index in [0.717, 1.165) is 36.6 Å². The molecule has 3 rings (SSSR count). The van der Waals surface area contributed by atoms with Gasteiger partial charge in [-0.25, -0.2) is 0 Å². The van der Waals surface area contributed by atoms with Gasteiger partial charge < -0.3 is 24.3 Å². The summed E-state index contributed by atoms with van der Waals surface area (Å²) in [5, 5.41) is 3.41. The van der Waals surface area contributed by atoms with Gasteiger partial charge in [0.1, 0.15) is 12.4 Å². The van der Waals surface area contributed by atoms with Crippen LogP contribution in [0.5, 0.6) is 17.2 Å². The molecule has 2 aliphatic rings. The lowest BCUT2D eigenvalue weighted by atomic mass is 10.2. The lowest BCUT2D eigenvalue weighted by molar-refractivity contribution is 0.0178. The van der Waals surface area contributed by atoms with E-state index in [9.17, 15) is 0 Å². The minimum atomic E-state index is 0.175. The SMILES string of the molecule is CC(C)NCC1CCC(COc2ccc3c(c2)OCO3)O1. The van der Waals surface area contributed by atoms with Gasteiger partial charge in [0.25, 0.3) is 0 Å². The van der Waals surface area contributed by atoms with Crippen LogP contribution in [0.15, 0.2) is 18.2 Å². The van der Waals surface area contributed by atoms with E-state index in [4.69, 9.17) is 18.9 Å². The first kappa shape index (κ1) is 14.5. The first-order chi connectivity index (χ1) is 10.2. The van der Waals surface area contributed by atoms with Crippen molar-refractivity contribution in [1.82, 2.24) is 5.32 Å². The van der Waals surface area contributed by atoms with E-state index in [1.807, 2.05) is 18.2 Å². The standard InChI is InChI=1S/C16H23NO4/c1-11(2)17-8-13-3-4-14(21-13)9-18-12-5-6-15-16(7-12)20-10-19-15/h5-7,11,13-14,17H,3-4,8-10H2,1-2H3. The largest absolute Gasteiger partial charge is 0.491 e. The molecule has 1 aromatic rings. The van der Waals surface area contributed by atoms with Gasteiger partial charge in [-0.15, -0.1) is 0 Å². The summed E-state index contributed by atoms with van der Waals surface area (Å²) in [6, 6.07) is 6.15. The molecule has 0 aliphatic carbocycles. The Morgan fingerprint density at radius 3 is 2.86 bits per heavy atom. The van der Waals surface area contributed by atoms with E-state index in [0.29, 0.717) is 18.8 Å².